The molecule has 0 atom stereocenters. The summed E-state index contributed by atoms with van der Waals surface area (Å²) in [6.07, 6.45) is 0. The quantitative estimate of drug-likeness (QED) is 0.653. The number of ether oxygens (including phenoxy) is 2. The van der Waals surface area contributed by atoms with E-state index in [1.54, 1.807) is 13.0 Å². The summed E-state index contributed by atoms with van der Waals surface area (Å²) in [7, 11) is 0. The van der Waals surface area contributed by atoms with Crippen LogP contribution in [0.1, 0.15) is 15.9 Å². The Bertz CT molecular complexity index is 414. The van der Waals surface area contributed by atoms with Gasteiger partial charge in [0.2, 0.25) is 6.79 Å². The van der Waals surface area contributed by atoms with Crippen LogP contribution in [-0.2, 0) is 0 Å². The Labute approximate surface area is 80.0 Å². The predicted octanol–water partition coefficient (Wildman–Crippen LogP) is 1.00. The van der Waals surface area contributed by atoms with Gasteiger partial charge >= 0.3 is 5.97 Å². The maximum Gasteiger partial charge on any atom is 0.341 e. The first-order chi connectivity index (χ1) is 6.61. The maximum absolute atomic E-state index is 10.9. The fourth-order valence-corrected chi connectivity index (χ4v) is 1.40. The first kappa shape index (κ1) is 8.68. The third-order valence-corrected chi connectivity index (χ3v) is 2.12. The highest BCUT2D eigenvalue weighted by Crippen LogP contribution is 2.40. The zero-order chi connectivity index (χ0) is 10.3. The van der Waals surface area contributed by atoms with E-state index >= 15 is 0 Å². The van der Waals surface area contributed by atoms with Gasteiger partial charge in [0.25, 0.3) is 0 Å². The molecule has 0 unspecified atom stereocenters. The van der Waals surface area contributed by atoms with E-state index in [0.717, 1.165) is 0 Å². The van der Waals surface area contributed by atoms with Crippen LogP contribution in [0, 0.1) is 6.92 Å². The number of rotatable bonds is 1. The Hall–Kier alpha value is -1.91. The second kappa shape index (κ2) is 2.80. The summed E-state index contributed by atoms with van der Waals surface area (Å²) in [5, 5.41) is 8.94. The summed E-state index contributed by atoms with van der Waals surface area (Å²) >= 11 is 0. The molecule has 0 fully saturated rings. The van der Waals surface area contributed by atoms with Crippen LogP contribution < -0.4 is 15.2 Å². The molecular weight excluding hydrogens is 186 g/mol. The number of carbonyl (C=O) groups is 1. The normalized spacial score (nSPS) is 12.9. The molecule has 1 aliphatic heterocycles. The van der Waals surface area contributed by atoms with E-state index in [-0.39, 0.29) is 23.8 Å². The number of nitrogen functional groups attached to an aromatic ring is 1. The van der Waals surface area contributed by atoms with Crippen LogP contribution in [0.15, 0.2) is 6.07 Å². The van der Waals surface area contributed by atoms with Gasteiger partial charge in [-0.15, -0.1) is 0 Å². The Balaban J connectivity index is 2.72. The average molecular weight is 195 g/mol. The molecule has 74 valence electrons. The number of benzene rings is 1. The molecular formula is C9H9NO4. The van der Waals surface area contributed by atoms with Crippen molar-refractivity contribution in [2.24, 2.45) is 0 Å². The zero-order valence-corrected chi connectivity index (χ0v) is 7.53. The molecule has 0 aliphatic carbocycles. The lowest BCUT2D eigenvalue weighted by molar-refractivity contribution is 0.0693. The van der Waals surface area contributed by atoms with E-state index in [1.807, 2.05) is 0 Å². The Morgan fingerprint density at radius 2 is 2.29 bits per heavy atom. The van der Waals surface area contributed by atoms with Gasteiger partial charge in [0.1, 0.15) is 5.56 Å². The second-order valence-corrected chi connectivity index (χ2v) is 3.02. The minimum atomic E-state index is -1.10. The summed E-state index contributed by atoms with van der Waals surface area (Å²) < 4.78 is 10.1. The molecule has 14 heavy (non-hydrogen) atoms. The van der Waals surface area contributed by atoms with Crippen LogP contribution in [0.3, 0.4) is 0 Å². The van der Waals surface area contributed by atoms with E-state index in [4.69, 9.17) is 20.3 Å². The summed E-state index contributed by atoms with van der Waals surface area (Å²) in [4.78, 5) is 10.9. The maximum atomic E-state index is 10.9. The molecule has 2 rings (SSSR count). The monoisotopic (exact) mass is 195 g/mol. The third-order valence-electron chi connectivity index (χ3n) is 2.12. The summed E-state index contributed by atoms with van der Waals surface area (Å²) in [6.45, 7) is 1.77. The first-order valence-corrected chi connectivity index (χ1v) is 4.03. The van der Waals surface area contributed by atoms with Gasteiger partial charge in [0, 0.05) is 0 Å². The van der Waals surface area contributed by atoms with E-state index < -0.39 is 5.97 Å². The molecule has 1 heterocycles. The van der Waals surface area contributed by atoms with Crippen molar-refractivity contribution in [3.8, 4) is 11.5 Å². The number of hydrogen-bond donors (Lipinski definition) is 2. The lowest BCUT2D eigenvalue weighted by Gasteiger charge is -2.07. The van der Waals surface area contributed by atoms with E-state index in [1.165, 1.54) is 0 Å². The molecule has 1 aromatic carbocycles. The van der Waals surface area contributed by atoms with Crippen LogP contribution >= 0.6 is 0 Å². The number of hydrogen-bond acceptors (Lipinski definition) is 4. The smallest absolute Gasteiger partial charge is 0.341 e. The molecule has 3 N–H and O–H groups in total. The number of aryl methyl sites for hydroxylation is 1. The van der Waals surface area contributed by atoms with Crippen LogP contribution in [0.5, 0.6) is 11.5 Å². The molecule has 0 saturated heterocycles. The Morgan fingerprint density at radius 3 is 2.93 bits per heavy atom. The number of fused-ring (bicyclic) bond motifs is 1. The van der Waals surface area contributed by atoms with Gasteiger partial charge < -0.3 is 20.3 Å². The molecule has 1 aliphatic rings. The van der Waals surface area contributed by atoms with Crippen molar-refractivity contribution < 1.29 is 19.4 Å². The third kappa shape index (κ3) is 1.06. The van der Waals surface area contributed by atoms with E-state index in [9.17, 15) is 4.79 Å². The molecule has 0 aromatic heterocycles. The number of carboxylic acids is 1. The van der Waals surface area contributed by atoms with Crippen molar-refractivity contribution in [1.29, 1.82) is 0 Å². The SMILES string of the molecule is Cc1cc2c(c(C(=O)O)c1N)OCO2. The van der Waals surface area contributed by atoms with Gasteiger partial charge in [-0.2, -0.15) is 0 Å². The van der Waals surface area contributed by atoms with Crippen molar-refractivity contribution in [2.75, 3.05) is 12.5 Å². The molecule has 1 aromatic rings. The highest BCUT2D eigenvalue weighted by atomic mass is 16.7. The molecule has 0 amide bonds. The molecule has 5 nitrogen and oxygen atoms in total. The largest absolute Gasteiger partial charge is 0.477 e. The number of carboxylic acid groups (broad SMARTS) is 1. The predicted molar refractivity (Wildman–Crippen MR) is 48.7 cm³/mol. The van der Waals surface area contributed by atoms with Crippen molar-refractivity contribution >= 4 is 11.7 Å². The fraction of sp³-hybridized carbons (Fsp3) is 0.222. The van der Waals surface area contributed by atoms with Gasteiger partial charge in [0.15, 0.2) is 11.5 Å². The highest BCUT2D eigenvalue weighted by Gasteiger charge is 2.25. The van der Waals surface area contributed by atoms with Crippen LogP contribution in [0.2, 0.25) is 0 Å². The number of aromatic carboxylic acids is 1. The molecule has 5 heteroatoms. The first-order valence-electron chi connectivity index (χ1n) is 4.03. The lowest BCUT2D eigenvalue weighted by atomic mass is 10.1. The van der Waals surface area contributed by atoms with Crippen molar-refractivity contribution in [2.45, 2.75) is 6.92 Å². The summed E-state index contributed by atoms with van der Waals surface area (Å²) in [5.41, 5.74) is 6.52. The number of anilines is 1. The topological polar surface area (TPSA) is 81.8 Å². The second-order valence-electron chi connectivity index (χ2n) is 3.02. The van der Waals surface area contributed by atoms with Crippen molar-refractivity contribution in [3.63, 3.8) is 0 Å². The minimum Gasteiger partial charge on any atom is -0.477 e. The fourth-order valence-electron chi connectivity index (χ4n) is 1.40. The summed E-state index contributed by atoms with van der Waals surface area (Å²) in [6, 6.07) is 1.67. The Morgan fingerprint density at radius 1 is 1.57 bits per heavy atom. The summed E-state index contributed by atoms with van der Waals surface area (Å²) in [5.74, 6) is -0.442. The molecule has 0 spiro atoms. The average Bonchev–Trinajstić information content (AvgIpc) is 2.52. The van der Waals surface area contributed by atoms with Crippen LogP contribution in [-0.4, -0.2) is 17.9 Å². The van der Waals surface area contributed by atoms with Gasteiger partial charge in [-0.1, -0.05) is 0 Å². The molecule has 0 radical (unpaired) electrons. The number of nitrogens with two attached hydrogens (primary N) is 1. The minimum absolute atomic E-state index is 0.0162. The van der Waals surface area contributed by atoms with Crippen LogP contribution in [0.25, 0.3) is 0 Å². The molecule has 0 saturated carbocycles. The lowest BCUT2D eigenvalue weighted by Crippen LogP contribution is -2.05. The van der Waals surface area contributed by atoms with E-state index in [2.05, 4.69) is 0 Å². The Kier molecular flexibility index (Phi) is 1.73. The van der Waals surface area contributed by atoms with Gasteiger partial charge in [-0.25, -0.2) is 4.79 Å². The van der Waals surface area contributed by atoms with Crippen molar-refractivity contribution in [1.82, 2.24) is 0 Å². The van der Waals surface area contributed by atoms with Gasteiger partial charge in [0.05, 0.1) is 5.69 Å². The zero-order valence-electron chi connectivity index (χ0n) is 7.53. The van der Waals surface area contributed by atoms with Crippen LogP contribution in [0.4, 0.5) is 5.69 Å². The highest BCUT2D eigenvalue weighted by molar-refractivity contribution is 5.99. The van der Waals surface area contributed by atoms with Gasteiger partial charge in [-0.3, -0.25) is 0 Å². The standard InChI is InChI=1S/C9H9NO4/c1-4-2-5-8(14-3-13-5)6(7(4)10)9(11)12/h2H,3,10H2,1H3,(H,11,12). The van der Waals surface area contributed by atoms with Gasteiger partial charge in [-0.05, 0) is 18.6 Å². The van der Waals surface area contributed by atoms with Crippen molar-refractivity contribution in [3.05, 3.63) is 17.2 Å². The molecule has 0 bridgehead atoms. The van der Waals surface area contributed by atoms with E-state index in [0.29, 0.717) is 11.3 Å².